The highest BCUT2D eigenvalue weighted by molar-refractivity contribution is 6.05. The van der Waals surface area contributed by atoms with Crippen LogP contribution in [0.4, 0.5) is 11.4 Å². The van der Waals surface area contributed by atoms with E-state index in [-0.39, 0.29) is 18.7 Å². The molecule has 0 aliphatic carbocycles. The van der Waals surface area contributed by atoms with Crippen LogP contribution in [0.2, 0.25) is 0 Å². The third-order valence-corrected chi connectivity index (χ3v) is 10.6. The first-order valence-electron chi connectivity index (χ1n) is 18.8. The van der Waals surface area contributed by atoms with Gasteiger partial charge in [-0.3, -0.25) is 29.0 Å². The lowest BCUT2D eigenvalue weighted by molar-refractivity contribution is -0.131. The third kappa shape index (κ3) is 9.96. The molecule has 0 spiro atoms. The molecule has 2 aromatic rings. The van der Waals surface area contributed by atoms with Crippen molar-refractivity contribution in [2.24, 2.45) is 0 Å². The molecule has 2 saturated heterocycles. The molecule has 4 amide bonds. The predicted octanol–water partition coefficient (Wildman–Crippen LogP) is 2.82. The van der Waals surface area contributed by atoms with Crippen LogP contribution < -0.4 is 20.9 Å². The molecule has 282 valence electrons. The highest BCUT2D eigenvalue weighted by Crippen LogP contribution is 2.26. The first kappa shape index (κ1) is 38.9. The van der Waals surface area contributed by atoms with Gasteiger partial charge in [-0.25, -0.2) is 0 Å². The Morgan fingerprint density at radius 2 is 1.79 bits per heavy atom. The number of likely N-dealkylation sites (N-methyl/N-ethyl adjacent to an activating group) is 1. The molecule has 0 aromatic heterocycles. The Balaban J connectivity index is 0.971. The average Bonchev–Trinajstić information content (AvgIpc) is 3.56. The minimum Gasteiger partial charge on any atom is -0.384 e. The van der Waals surface area contributed by atoms with E-state index >= 15 is 0 Å². The van der Waals surface area contributed by atoms with E-state index in [1.165, 1.54) is 7.05 Å². The van der Waals surface area contributed by atoms with Crippen molar-refractivity contribution in [1.82, 2.24) is 25.3 Å². The first-order valence-corrected chi connectivity index (χ1v) is 18.8. The molecule has 0 bridgehead atoms. The number of amides is 4. The Kier molecular flexibility index (Phi) is 14.6. The molecule has 3 heterocycles. The Labute approximate surface area is 307 Å². The van der Waals surface area contributed by atoms with Crippen LogP contribution in [0.5, 0.6) is 0 Å². The van der Waals surface area contributed by atoms with Crippen LogP contribution in [-0.4, -0.2) is 130 Å². The lowest BCUT2D eigenvalue weighted by Gasteiger charge is -2.43. The lowest BCUT2D eigenvalue weighted by atomic mass is 10.0. The normalized spacial score (nSPS) is 17.3. The molecule has 3 aliphatic heterocycles. The number of unbranched alkanes of at least 4 members (excludes halogenated alkanes) is 1. The number of carbonyl (C=O) groups excluding carboxylic acids is 5. The van der Waals surface area contributed by atoms with Gasteiger partial charge in [0.05, 0.1) is 5.56 Å². The number of rotatable bonds is 19. The van der Waals surface area contributed by atoms with Gasteiger partial charge in [-0.15, -0.1) is 0 Å². The van der Waals surface area contributed by atoms with Gasteiger partial charge in [0.25, 0.3) is 11.8 Å². The molecule has 2 aromatic carbocycles. The molecule has 2 fully saturated rings. The number of hydrogen-bond acceptors (Lipinski definition) is 10. The number of fused-ring (bicyclic) bond motifs is 1. The van der Waals surface area contributed by atoms with E-state index in [4.69, 9.17) is 4.74 Å². The number of benzene rings is 2. The van der Waals surface area contributed by atoms with Crippen molar-refractivity contribution in [3.05, 3.63) is 58.7 Å². The first-order chi connectivity index (χ1) is 25.3. The van der Waals surface area contributed by atoms with Crippen molar-refractivity contribution in [3.63, 3.8) is 0 Å². The lowest BCUT2D eigenvalue weighted by Crippen LogP contribution is -2.53. The van der Waals surface area contributed by atoms with Gasteiger partial charge in [-0.1, -0.05) is 18.2 Å². The summed E-state index contributed by atoms with van der Waals surface area (Å²) >= 11 is 0. The predicted molar refractivity (Wildman–Crippen MR) is 201 cm³/mol. The van der Waals surface area contributed by atoms with Gasteiger partial charge in [0, 0.05) is 95.5 Å². The van der Waals surface area contributed by atoms with Crippen molar-refractivity contribution < 1.29 is 28.7 Å². The zero-order valence-electron chi connectivity index (χ0n) is 30.7. The number of aldehydes is 1. The summed E-state index contributed by atoms with van der Waals surface area (Å²) in [7, 11) is 1.45. The molecule has 52 heavy (non-hydrogen) atoms. The maximum absolute atomic E-state index is 13.5. The SMILES string of the molecule is CNC(=O)C(CCC=O)N(C=O)C(=O)c1cc(N2CCN(C3CCN(CCCOCCCCNc4cccc5c4C(=O)NC5)CC3)CC2)ccc1C. The molecule has 5 rings (SSSR count). The Morgan fingerprint density at radius 1 is 1.02 bits per heavy atom. The molecule has 3 aliphatic rings. The van der Waals surface area contributed by atoms with Crippen molar-refractivity contribution in [3.8, 4) is 0 Å². The fourth-order valence-electron chi connectivity index (χ4n) is 7.55. The quantitative estimate of drug-likeness (QED) is 0.147. The summed E-state index contributed by atoms with van der Waals surface area (Å²) in [5.74, 6) is -1.02. The Hall–Kier alpha value is -4.33. The molecule has 13 heteroatoms. The van der Waals surface area contributed by atoms with Crippen molar-refractivity contribution in [1.29, 1.82) is 0 Å². The van der Waals surface area contributed by atoms with Crippen LogP contribution in [0, 0.1) is 6.92 Å². The molecular formula is C39H55N7O6. The minimum atomic E-state index is -1.05. The van der Waals surface area contributed by atoms with E-state index < -0.39 is 17.9 Å². The number of imide groups is 1. The molecule has 3 N–H and O–H groups in total. The molecule has 1 unspecified atom stereocenters. The second-order valence-electron chi connectivity index (χ2n) is 13.9. The summed E-state index contributed by atoms with van der Waals surface area (Å²) < 4.78 is 5.92. The van der Waals surface area contributed by atoms with Gasteiger partial charge in [-0.2, -0.15) is 0 Å². The molecule has 0 saturated carbocycles. The second kappa shape index (κ2) is 19.5. The Bertz CT molecular complexity index is 1540. The molecule has 0 radical (unpaired) electrons. The van der Waals surface area contributed by atoms with Crippen LogP contribution in [-0.2, 0) is 25.7 Å². The van der Waals surface area contributed by atoms with E-state index in [9.17, 15) is 24.0 Å². The van der Waals surface area contributed by atoms with Gasteiger partial charge in [0.1, 0.15) is 12.3 Å². The minimum absolute atomic E-state index is 0.00472. The number of aryl methyl sites for hydroxylation is 1. The van der Waals surface area contributed by atoms with E-state index in [0.29, 0.717) is 30.8 Å². The molecule has 1 atom stereocenters. The number of anilines is 2. The monoisotopic (exact) mass is 717 g/mol. The van der Waals surface area contributed by atoms with Gasteiger partial charge in [0.2, 0.25) is 12.3 Å². The number of nitrogens with zero attached hydrogens (tertiary/aromatic N) is 4. The van der Waals surface area contributed by atoms with Crippen LogP contribution in [0.1, 0.15) is 76.8 Å². The van der Waals surface area contributed by atoms with Gasteiger partial charge in [-0.05, 0) is 87.9 Å². The summed E-state index contributed by atoms with van der Waals surface area (Å²) in [6.45, 7) is 11.6. The van der Waals surface area contributed by atoms with E-state index in [0.717, 1.165) is 131 Å². The number of piperidine rings is 1. The fourth-order valence-corrected chi connectivity index (χ4v) is 7.55. The maximum atomic E-state index is 13.5. The number of nitrogens with one attached hydrogen (secondary N) is 3. The van der Waals surface area contributed by atoms with Crippen LogP contribution in [0.15, 0.2) is 36.4 Å². The summed E-state index contributed by atoms with van der Waals surface area (Å²) in [4.78, 5) is 69.5. The van der Waals surface area contributed by atoms with Gasteiger partial charge < -0.3 is 35.3 Å². The van der Waals surface area contributed by atoms with Gasteiger partial charge >= 0.3 is 0 Å². The number of ether oxygens (including phenoxy) is 1. The smallest absolute Gasteiger partial charge is 0.261 e. The van der Waals surface area contributed by atoms with E-state index in [1.807, 2.05) is 43.3 Å². The zero-order chi connectivity index (χ0) is 36.9. The van der Waals surface area contributed by atoms with Crippen LogP contribution >= 0.6 is 0 Å². The zero-order valence-corrected chi connectivity index (χ0v) is 30.7. The van der Waals surface area contributed by atoms with Gasteiger partial charge in [0.15, 0.2) is 0 Å². The summed E-state index contributed by atoms with van der Waals surface area (Å²) in [5.41, 5.74) is 4.77. The summed E-state index contributed by atoms with van der Waals surface area (Å²) in [6, 6.07) is 11.2. The third-order valence-electron chi connectivity index (χ3n) is 10.6. The summed E-state index contributed by atoms with van der Waals surface area (Å²) in [6.07, 6.45) is 6.52. The topological polar surface area (TPSA) is 144 Å². The fraction of sp³-hybridized carbons (Fsp3) is 0.564. The number of hydrogen-bond donors (Lipinski definition) is 3. The maximum Gasteiger partial charge on any atom is 0.261 e. The largest absolute Gasteiger partial charge is 0.384 e. The van der Waals surface area contributed by atoms with Crippen LogP contribution in [0.3, 0.4) is 0 Å². The number of piperazine rings is 1. The number of likely N-dealkylation sites (tertiary alicyclic amines) is 1. The standard InChI is InChI=1S/C39H55N7O6/c1-29-11-12-32(26-33(29)39(51)46(28-48)35(10-6-23-47)37(49)40-2)45-21-19-44(20-22-45)31-13-17-43(18-14-31)16-7-25-52-24-4-3-15-41-34-9-5-8-30-27-42-38(50)36(30)34/h5,8-9,11-12,23,26,28,31,35,41H,3-4,6-7,10,13-22,24-25,27H2,1-2H3,(H,40,49)(H,42,50). The number of carbonyl (C=O) groups is 5. The highest BCUT2D eigenvalue weighted by atomic mass is 16.5. The highest BCUT2D eigenvalue weighted by Gasteiger charge is 2.32. The van der Waals surface area contributed by atoms with Crippen LogP contribution in [0.25, 0.3) is 0 Å². The van der Waals surface area contributed by atoms with E-state index in [2.05, 4.69) is 30.7 Å². The van der Waals surface area contributed by atoms with Crippen molar-refractivity contribution in [2.45, 2.75) is 70.5 Å². The second-order valence-corrected chi connectivity index (χ2v) is 13.9. The molecular weight excluding hydrogens is 662 g/mol. The summed E-state index contributed by atoms with van der Waals surface area (Å²) in [5, 5.41) is 8.80. The Morgan fingerprint density at radius 3 is 2.52 bits per heavy atom. The van der Waals surface area contributed by atoms with E-state index in [1.54, 1.807) is 0 Å². The molecule has 13 nitrogen and oxygen atoms in total. The van der Waals surface area contributed by atoms with Crippen molar-refractivity contribution in [2.75, 3.05) is 82.8 Å². The average molecular weight is 718 g/mol. The van der Waals surface area contributed by atoms with Crippen molar-refractivity contribution >= 4 is 41.8 Å².